The van der Waals surface area contributed by atoms with Crippen LogP contribution in [0.15, 0.2) is 34.9 Å². The monoisotopic (exact) mass is 333 g/mol. The molecule has 0 fully saturated rings. The largest absolute Gasteiger partial charge is 0.490 e. The molecular formula is C16H23N5OS. The van der Waals surface area contributed by atoms with Crippen molar-refractivity contribution in [3.63, 3.8) is 0 Å². The molecule has 0 amide bonds. The molecule has 2 heterocycles. The van der Waals surface area contributed by atoms with Crippen LogP contribution in [0.5, 0.6) is 5.75 Å². The highest BCUT2D eigenvalue weighted by molar-refractivity contribution is 7.09. The first-order valence-electron chi connectivity index (χ1n) is 7.60. The molecule has 23 heavy (non-hydrogen) atoms. The Balaban J connectivity index is 1.69. The standard InChI is InChI=1S/C16H23N5OS/c1-12(2)14-11-23-15(21-14)10-20-16(17-3)19-7-8-22-13-5-4-6-18-9-13/h4-6,9,11-12H,7-8,10H2,1-3H3,(H2,17,19,20). The average Bonchev–Trinajstić information content (AvgIpc) is 3.04. The van der Waals surface area contributed by atoms with Gasteiger partial charge in [0.15, 0.2) is 5.96 Å². The second-order valence-electron chi connectivity index (χ2n) is 5.21. The van der Waals surface area contributed by atoms with Crippen molar-refractivity contribution >= 4 is 17.3 Å². The van der Waals surface area contributed by atoms with E-state index in [9.17, 15) is 0 Å². The minimum Gasteiger partial charge on any atom is -0.490 e. The fourth-order valence-electron chi connectivity index (χ4n) is 1.82. The Morgan fingerprint density at radius 3 is 2.91 bits per heavy atom. The summed E-state index contributed by atoms with van der Waals surface area (Å²) in [4.78, 5) is 12.8. The fraction of sp³-hybridized carbons (Fsp3) is 0.438. The highest BCUT2D eigenvalue weighted by atomic mass is 32.1. The van der Waals surface area contributed by atoms with Gasteiger partial charge in [-0.25, -0.2) is 4.98 Å². The van der Waals surface area contributed by atoms with Crippen molar-refractivity contribution in [1.29, 1.82) is 0 Å². The molecule has 0 bridgehead atoms. The van der Waals surface area contributed by atoms with E-state index >= 15 is 0 Å². The Morgan fingerprint density at radius 2 is 2.26 bits per heavy atom. The van der Waals surface area contributed by atoms with Gasteiger partial charge in [0.25, 0.3) is 0 Å². The van der Waals surface area contributed by atoms with Crippen LogP contribution in [0.2, 0.25) is 0 Å². The second-order valence-corrected chi connectivity index (χ2v) is 6.15. The Kier molecular flexibility index (Phi) is 6.80. The molecule has 0 radical (unpaired) electrons. The molecule has 0 atom stereocenters. The maximum Gasteiger partial charge on any atom is 0.191 e. The maximum atomic E-state index is 5.58. The Morgan fingerprint density at radius 1 is 1.39 bits per heavy atom. The summed E-state index contributed by atoms with van der Waals surface area (Å²) in [6, 6.07) is 3.73. The van der Waals surface area contributed by atoms with Crippen LogP contribution in [-0.2, 0) is 6.54 Å². The van der Waals surface area contributed by atoms with Gasteiger partial charge in [-0.2, -0.15) is 0 Å². The zero-order chi connectivity index (χ0) is 16.5. The molecule has 2 aromatic heterocycles. The molecule has 124 valence electrons. The molecule has 0 aromatic carbocycles. The first-order valence-corrected chi connectivity index (χ1v) is 8.48. The minimum atomic E-state index is 0.460. The van der Waals surface area contributed by atoms with E-state index in [2.05, 4.69) is 44.8 Å². The zero-order valence-electron chi connectivity index (χ0n) is 13.7. The third-order valence-electron chi connectivity index (χ3n) is 3.09. The number of rotatable bonds is 7. The van der Waals surface area contributed by atoms with Crippen LogP contribution in [0.25, 0.3) is 0 Å². The lowest BCUT2D eigenvalue weighted by Crippen LogP contribution is -2.38. The van der Waals surface area contributed by atoms with Crippen molar-refractivity contribution in [2.45, 2.75) is 26.3 Å². The van der Waals surface area contributed by atoms with E-state index in [0.717, 1.165) is 22.4 Å². The molecule has 0 aliphatic carbocycles. The number of nitrogens with zero attached hydrogens (tertiary/aromatic N) is 3. The van der Waals surface area contributed by atoms with Crippen LogP contribution in [0.3, 0.4) is 0 Å². The van der Waals surface area contributed by atoms with Gasteiger partial charge in [0, 0.05) is 18.6 Å². The number of aromatic nitrogens is 2. The van der Waals surface area contributed by atoms with E-state index in [0.29, 0.717) is 25.6 Å². The van der Waals surface area contributed by atoms with Gasteiger partial charge in [0.1, 0.15) is 17.4 Å². The van der Waals surface area contributed by atoms with Crippen molar-refractivity contribution in [3.8, 4) is 5.75 Å². The van der Waals surface area contributed by atoms with Crippen molar-refractivity contribution in [1.82, 2.24) is 20.6 Å². The third-order valence-corrected chi connectivity index (χ3v) is 3.96. The normalized spacial score (nSPS) is 11.6. The first-order chi connectivity index (χ1) is 11.2. The van der Waals surface area contributed by atoms with Crippen LogP contribution in [0.1, 0.15) is 30.5 Å². The van der Waals surface area contributed by atoms with Crippen LogP contribution in [0.4, 0.5) is 0 Å². The minimum absolute atomic E-state index is 0.460. The molecule has 7 heteroatoms. The van der Waals surface area contributed by atoms with Gasteiger partial charge in [-0.3, -0.25) is 9.98 Å². The van der Waals surface area contributed by atoms with Gasteiger partial charge in [0.2, 0.25) is 0 Å². The molecule has 2 aromatic rings. The van der Waals surface area contributed by atoms with Crippen LogP contribution >= 0.6 is 11.3 Å². The van der Waals surface area contributed by atoms with Crippen LogP contribution in [0, 0.1) is 0 Å². The number of guanidine groups is 1. The molecule has 0 aliphatic rings. The Bertz CT molecular complexity index is 612. The molecule has 2 rings (SSSR count). The van der Waals surface area contributed by atoms with E-state index in [4.69, 9.17) is 4.74 Å². The summed E-state index contributed by atoms with van der Waals surface area (Å²) in [5.41, 5.74) is 1.14. The topological polar surface area (TPSA) is 71.4 Å². The molecule has 6 nitrogen and oxygen atoms in total. The predicted molar refractivity (Wildman–Crippen MR) is 94.1 cm³/mol. The van der Waals surface area contributed by atoms with Crippen LogP contribution < -0.4 is 15.4 Å². The lowest BCUT2D eigenvalue weighted by molar-refractivity contribution is 0.320. The summed E-state index contributed by atoms with van der Waals surface area (Å²) in [5.74, 6) is 1.96. The molecule has 0 saturated heterocycles. The number of thiazole rings is 1. The number of ether oxygens (including phenoxy) is 1. The molecule has 0 unspecified atom stereocenters. The van der Waals surface area contributed by atoms with Gasteiger partial charge < -0.3 is 15.4 Å². The average molecular weight is 333 g/mol. The Labute approximate surface area is 141 Å². The van der Waals surface area contributed by atoms with Gasteiger partial charge in [-0.1, -0.05) is 13.8 Å². The van der Waals surface area contributed by atoms with E-state index in [-0.39, 0.29) is 0 Å². The summed E-state index contributed by atoms with van der Waals surface area (Å²) < 4.78 is 5.58. The summed E-state index contributed by atoms with van der Waals surface area (Å²) in [7, 11) is 1.75. The number of aliphatic imine (C=N–C) groups is 1. The van der Waals surface area contributed by atoms with Crippen molar-refractivity contribution in [2.24, 2.45) is 4.99 Å². The van der Waals surface area contributed by atoms with E-state index < -0.39 is 0 Å². The van der Waals surface area contributed by atoms with Gasteiger partial charge in [-0.15, -0.1) is 11.3 Å². The predicted octanol–water partition coefficient (Wildman–Crippen LogP) is 2.41. The Hall–Kier alpha value is -2.15. The van der Waals surface area contributed by atoms with Gasteiger partial charge >= 0.3 is 0 Å². The van der Waals surface area contributed by atoms with Gasteiger partial charge in [0.05, 0.1) is 25.0 Å². The highest BCUT2D eigenvalue weighted by Crippen LogP contribution is 2.17. The van der Waals surface area contributed by atoms with Gasteiger partial charge in [-0.05, 0) is 18.1 Å². The molecule has 0 saturated carbocycles. The van der Waals surface area contributed by atoms with Crippen molar-refractivity contribution < 1.29 is 4.74 Å². The smallest absolute Gasteiger partial charge is 0.191 e. The summed E-state index contributed by atoms with van der Waals surface area (Å²) >= 11 is 1.67. The van der Waals surface area contributed by atoms with Crippen LogP contribution in [-0.4, -0.2) is 36.1 Å². The molecule has 2 N–H and O–H groups in total. The highest BCUT2D eigenvalue weighted by Gasteiger charge is 2.06. The molecule has 0 aliphatic heterocycles. The lowest BCUT2D eigenvalue weighted by atomic mass is 10.2. The number of nitrogens with one attached hydrogen (secondary N) is 2. The zero-order valence-corrected chi connectivity index (χ0v) is 14.6. The second kappa shape index (κ2) is 9.09. The quantitative estimate of drug-likeness (QED) is 0.462. The number of hydrogen-bond acceptors (Lipinski definition) is 5. The summed E-state index contributed by atoms with van der Waals surface area (Å²) in [6.07, 6.45) is 3.42. The lowest BCUT2D eigenvalue weighted by Gasteiger charge is -2.11. The van der Waals surface area contributed by atoms with Crippen molar-refractivity contribution in [3.05, 3.63) is 40.6 Å². The molecular weight excluding hydrogens is 310 g/mol. The van der Waals surface area contributed by atoms with Crippen molar-refractivity contribution in [2.75, 3.05) is 20.2 Å². The third kappa shape index (κ3) is 5.86. The number of pyridine rings is 1. The van der Waals surface area contributed by atoms with E-state index in [1.165, 1.54) is 0 Å². The maximum absolute atomic E-state index is 5.58. The number of hydrogen-bond donors (Lipinski definition) is 2. The fourth-order valence-corrected chi connectivity index (χ4v) is 2.72. The summed E-state index contributed by atoms with van der Waals surface area (Å²) in [6.45, 7) is 6.16. The first kappa shape index (κ1) is 17.2. The van der Waals surface area contributed by atoms with E-state index in [1.807, 2.05) is 12.1 Å². The van der Waals surface area contributed by atoms with E-state index in [1.54, 1.807) is 30.8 Å². The summed E-state index contributed by atoms with van der Waals surface area (Å²) in [5, 5.41) is 9.63. The molecule has 0 spiro atoms. The SMILES string of the molecule is CN=C(NCCOc1cccnc1)NCc1nc(C(C)C)cs1.